The Labute approximate surface area is 227 Å². The fraction of sp³-hybridized carbons (Fsp3) is 0.323. The lowest BCUT2D eigenvalue weighted by Gasteiger charge is -2.43. The fourth-order valence-electron chi connectivity index (χ4n) is 6.23. The predicted molar refractivity (Wildman–Crippen MR) is 150 cm³/mol. The van der Waals surface area contributed by atoms with Crippen molar-refractivity contribution in [1.29, 1.82) is 0 Å². The lowest BCUT2D eigenvalue weighted by atomic mass is 9.79. The molecule has 0 radical (unpaired) electrons. The summed E-state index contributed by atoms with van der Waals surface area (Å²) in [7, 11) is 4.03. The van der Waals surface area contributed by atoms with Gasteiger partial charge in [-0.25, -0.2) is 4.39 Å². The Morgan fingerprint density at radius 1 is 1.13 bits per heavy atom. The molecule has 1 N–H and O–H groups in total. The van der Waals surface area contributed by atoms with E-state index in [2.05, 4.69) is 28.9 Å². The van der Waals surface area contributed by atoms with E-state index < -0.39 is 10.5 Å². The van der Waals surface area contributed by atoms with Crippen molar-refractivity contribution in [1.82, 2.24) is 14.8 Å². The van der Waals surface area contributed by atoms with Crippen LogP contribution in [0.25, 0.3) is 10.9 Å². The average Bonchev–Trinajstić information content (AvgIpc) is 3.32. The first-order chi connectivity index (χ1) is 18.7. The van der Waals surface area contributed by atoms with Gasteiger partial charge in [0.05, 0.1) is 11.0 Å². The minimum Gasteiger partial charge on any atom is -0.356 e. The Bertz CT molecular complexity index is 1510. The number of carbonyl (C=O) groups is 1. The maximum absolute atomic E-state index is 14.3. The average molecular weight is 529 g/mol. The number of nitrogens with one attached hydrogen (secondary N) is 1. The molecule has 1 aromatic heterocycles. The number of aromatic nitrogens is 1. The van der Waals surface area contributed by atoms with Crippen LogP contribution < -0.4 is 0 Å². The van der Waals surface area contributed by atoms with Gasteiger partial charge in [-0.1, -0.05) is 37.3 Å². The van der Waals surface area contributed by atoms with Gasteiger partial charge in [-0.3, -0.25) is 19.8 Å². The van der Waals surface area contributed by atoms with Crippen molar-refractivity contribution < 1.29 is 14.1 Å². The summed E-state index contributed by atoms with van der Waals surface area (Å²) >= 11 is 0. The number of fused-ring (bicyclic) bond motifs is 3. The van der Waals surface area contributed by atoms with Gasteiger partial charge in [0, 0.05) is 46.4 Å². The van der Waals surface area contributed by atoms with Gasteiger partial charge in [0.1, 0.15) is 5.82 Å². The summed E-state index contributed by atoms with van der Waals surface area (Å²) in [5, 5.41) is 12.3. The van der Waals surface area contributed by atoms with E-state index >= 15 is 0 Å². The fourth-order valence-corrected chi connectivity index (χ4v) is 6.23. The van der Waals surface area contributed by atoms with Gasteiger partial charge in [-0.15, -0.1) is 0 Å². The highest BCUT2D eigenvalue weighted by atomic mass is 19.1. The van der Waals surface area contributed by atoms with Crippen LogP contribution in [0.3, 0.4) is 0 Å². The standard InChI is InChI=1S/C31H33FN4O3/c1-4-31(34(2)3,22-8-7-9-23(32)20-22)18-16-28-29-26(25-10-5-6-11-27(25)33-29)17-19-35(28)30(37)21-12-14-24(15-13-21)36(38)39/h5-15,20,28,33H,4,16-19H2,1-3H3. The molecule has 1 amide bonds. The number of benzene rings is 3. The van der Waals surface area contributed by atoms with Gasteiger partial charge in [-0.05, 0) is 81.2 Å². The second-order valence-electron chi connectivity index (χ2n) is 10.5. The van der Waals surface area contributed by atoms with E-state index in [1.165, 1.54) is 41.3 Å². The summed E-state index contributed by atoms with van der Waals surface area (Å²) in [6.07, 6.45) is 2.83. The number of nitrogens with zero attached hydrogens (tertiary/aromatic N) is 3. The van der Waals surface area contributed by atoms with E-state index in [9.17, 15) is 19.3 Å². The molecule has 1 aliphatic rings. The van der Waals surface area contributed by atoms with E-state index in [-0.39, 0.29) is 23.5 Å². The number of rotatable bonds is 8. The molecule has 3 aromatic carbocycles. The minimum atomic E-state index is -0.466. The van der Waals surface area contributed by atoms with Gasteiger partial charge in [0.25, 0.3) is 11.6 Å². The number of hydrogen-bond acceptors (Lipinski definition) is 4. The van der Waals surface area contributed by atoms with Crippen LogP contribution in [0.5, 0.6) is 0 Å². The largest absolute Gasteiger partial charge is 0.356 e. The molecule has 0 aliphatic carbocycles. The Hall–Kier alpha value is -4.04. The Balaban J connectivity index is 1.54. The number of nitro groups is 1. The summed E-state index contributed by atoms with van der Waals surface area (Å²) in [4.78, 5) is 32.2. The first-order valence-corrected chi connectivity index (χ1v) is 13.3. The van der Waals surface area contributed by atoms with Crippen molar-refractivity contribution in [2.24, 2.45) is 0 Å². The third-order valence-corrected chi connectivity index (χ3v) is 8.38. The van der Waals surface area contributed by atoms with Crippen LogP contribution in [0.15, 0.2) is 72.8 Å². The molecule has 0 fully saturated rings. The van der Waals surface area contributed by atoms with Gasteiger partial charge >= 0.3 is 0 Å². The third kappa shape index (κ3) is 4.81. The molecule has 2 heterocycles. The number of H-pyrrole nitrogens is 1. The number of nitro benzene ring substituents is 1. The summed E-state index contributed by atoms with van der Waals surface area (Å²) < 4.78 is 14.3. The lowest BCUT2D eigenvalue weighted by Crippen LogP contribution is -2.44. The molecule has 5 rings (SSSR count). The Morgan fingerprint density at radius 2 is 1.87 bits per heavy atom. The number of amides is 1. The molecule has 8 heteroatoms. The number of aromatic amines is 1. The van der Waals surface area contributed by atoms with Gasteiger partial charge in [0.15, 0.2) is 0 Å². The quantitative estimate of drug-likeness (QED) is 0.206. The maximum atomic E-state index is 14.3. The van der Waals surface area contributed by atoms with Gasteiger partial charge < -0.3 is 9.88 Å². The third-order valence-electron chi connectivity index (χ3n) is 8.38. The van der Waals surface area contributed by atoms with Crippen LogP contribution in [0.4, 0.5) is 10.1 Å². The number of halogens is 1. The molecule has 7 nitrogen and oxygen atoms in total. The topological polar surface area (TPSA) is 82.5 Å². The molecule has 202 valence electrons. The highest BCUT2D eigenvalue weighted by molar-refractivity contribution is 5.95. The lowest BCUT2D eigenvalue weighted by molar-refractivity contribution is -0.384. The van der Waals surface area contributed by atoms with E-state index in [0.29, 0.717) is 31.4 Å². The van der Waals surface area contributed by atoms with E-state index in [1.807, 2.05) is 37.2 Å². The molecule has 0 bridgehead atoms. The Morgan fingerprint density at radius 3 is 2.54 bits per heavy atom. The smallest absolute Gasteiger partial charge is 0.269 e. The first kappa shape index (κ1) is 26.6. The zero-order chi connectivity index (χ0) is 27.7. The van der Waals surface area contributed by atoms with E-state index in [4.69, 9.17) is 0 Å². The van der Waals surface area contributed by atoms with Crippen LogP contribution in [0.1, 0.15) is 59.4 Å². The second kappa shape index (κ2) is 10.6. The minimum absolute atomic E-state index is 0.0477. The molecule has 4 aromatic rings. The first-order valence-electron chi connectivity index (χ1n) is 13.3. The highest BCUT2D eigenvalue weighted by Gasteiger charge is 2.38. The van der Waals surface area contributed by atoms with Crippen molar-refractivity contribution in [3.05, 3.63) is 111 Å². The molecule has 0 spiro atoms. The maximum Gasteiger partial charge on any atom is 0.269 e. The number of non-ortho nitro benzene ring substituents is 1. The van der Waals surface area contributed by atoms with E-state index in [1.54, 1.807) is 12.1 Å². The molecule has 2 atom stereocenters. The predicted octanol–water partition coefficient (Wildman–Crippen LogP) is 6.60. The molecular formula is C31H33FN4O3. The van der Waals surface area contributed by atoms with Crippen molar-refractivity contribution in [2.75, 3.05) is 20.6 Å². The van der Waals surface area contributed by atoms with Crippen LogP contribution in [0, 0.1) is 15.9 Å². The molecule has 0 saturated carbocycles. The summed E-state index contributed by atoms with van der Waals surface area (Å²) in [5.74, 6) is -0.422. The molecule has 1 aliphatic heterocycles. The van der Waals surface area contributed by atoms with Crippen molar-refractivity contribution in [3.8, 4) is 0 Å². The Kier molecular flexibility index (Phi) is 7.23. The van der Waals surface area contributed by atoms with Gasteiger partial charge in [0.2, 0.25) is 0 Å². The zero-order valence-corrected chi connectivity index (χ0v) is 22.5. The summed E-state index contributed by atoms with van der Waals surface area (Å²) in [6.45, 7) is 2.65. The SMILES string of the molecule is CCC(CCC1c2[nH]c3ccccc3c2CCN1C(=O)c1ccc([N+](=O)[O-])cc1)(c1cccc(F)c1)N(C)C. The number of carbonyl (C=O) groups excluding carboxylic acids is 1. The van der Waals surface area contributed by atoms with Crippen LogP contribution >= 0.6 is 0 Å². The summed E-state index contributed by atoms with van der Waals surface area (Å²) in [6, 6.07) is 20.5. The summed E-state index contributed by atoms with van der Waals surface area (Å²) in [5.41, 5.74) is 4.15. The van der Waals surface area contributed by atoms with Crippen LogP contribution in [-0.4, -0.2) is 46.3 Å². The molecule has 0 saturated heterocycles. The highest BCUT2D eigenvalue weighted by Crippen LogP contribution is 2.42. The number of hydrogen-bond donors (Lipinski definition) is 1. The normalized spacial score (nSPS) is 16.7. The van der Waals surface area contributed by atoms with Crippen molar-refractivity contribution >= 4 is 22.5 Å². The zero-order valence-electron chi connectivity index (χ0n) is 22.5. The second-order valence-corrected chi connectivity index (χ2v) is 10.5. The monoisotopic (exact) mass is 528 g/mol. The van der Waals surface area contributed by atoms with Crippen molar-refractivity contribution in [3.63, 3.8) is 0 Å². The van der Waals surface area contributed by atoms with Crippen LogP contribution in [-0.2, 0) is 12.0 Å². The number of para-hydroxylation sites is 1. The van der Waals surface area contributed by atoms with Crippen LogP contribution in [0.2, 0.25) is 0 Å². The molecule has 39 heavy (non-hydrogen) atoms. The molecule has 2 unspecified atom stereocenters. The van der Waals surface area contributed by atoms with E-state index in [0.717, 1.165) is 23.2 Å². The van der Waals surface area contributed by atoms with Gasteiger partial charge in [-0.2, -0.15) is 0 Å². The van der Waals surface area contributed by atoms with Crippen molar-refractivity contribution in [2.45, 2.75) is 44.2 Å². The molecular weight excluding hydrogens is 495 g/mol.